The predicted octanol–water partition coefficient (Wildman–Crippen LogP) is 5.39. The van der Waals surface area contributed by atoms with E-state index in [-0.39, 0.29) is 29.3 Å². The summed E-state index contributed by atoms with van der Waals surface area (Å²) < 4.78 is 60.8. The molecule has 10 heteroatoms. The van der Waals surface area contributed by atoms with E-state index < -0.39 is 23.4 Å². The number of aromatic nitrogens is 3. The number of amides is 1. The first-order valence-corrected chi connectivity index (χ1v) is 10.7. The zero-order chi connectivity index (χ0) is 23.5. The normalized spacial score (nSPS) is 24.2. The van der Waals surface area contributed by atoms with Crippen LogP contribution in [0.25, 0.3) is 5.65 Å². The molecule has 0 radical (unpaired) electrons. The van der Waals surface area contributed by atoms with E-state index in [1.54, 1.807) is 22.9 Å². The Hall–Kier alpha value is -3.17. The van der Waals surface area contributed by atoms with Crippen LogP contribution >= 0.6 is 0 Å². The number of ether oxygens (including phenoxy) is 1. The number of fused-ring (bicyclic) bond motifs is 2. The topological polar surface area (TPSA) is 68.5 Å². The average molecular weight is 462 g/mol. The fourth-order valence-corrected chi connectivity index (χ4v) is 4.80. The molecule has 6 nitrogen and oxygen atoms in total. The number of pyridine rings is 2. The number of hydrogen-bond donors (Lipinski definition) is 1. The van der Waals surface area contributed by atoms with Crippen molar-refractivity contribution in [2.24, 2.45) is 5.92 Å². The molecule has 174 valence electrons. The summed E-state index contributed by atoms with van der Waals surface area (Å²) in [6.07, 6.45) is 0.116. The van der Waals surface area contributed by atoms with Crippen LogP contribution in [0.2, 0.25) is 0 Å². The van der Waals surface area contributed by atoms with Gasteiger partial charge in [0.15, 0.2) is 0 Å². The number of imidazole rings is 1. The van der Waals surface area contributed by atoms with E-state index in [1.165, 1.54) is 6.07 Å². The molecule has 2 bridgehead atoms. The van der Waals surface area contributed by atoms with Crippen LogP contribution in [0.15, 0.2) is 36.7 Å². The van der Waals surface area contributed by atoms with Crippen LogP contribution in [0.5, 0.6) is 5.75 Å². The molecule has 0 aromatic carbocycles. The minimum atomic E-state index is -4.66. The van der Waals surface area contributed by atoms with Gasteiger partial charge in [0.25, 0.3) is 5.91 Å². The minimum absolute atomic E-state index is 0.0525. The van der Waals surface area contributed by atoms with Crippen LogP contribution in [-0.4, -0.2) is 32.0 Å². The van der Waals surface area contributed by atoms with E-state index in [0.29, 0.717) is 30.7 Å². The van der Waals surface area contributed by atoms with Gasteiger partial charge in [0.1, 0.15) is 34.1 Å². The van der Waals surface area contributed by atoms with Gasteiger partial charge in [-0.25, -0.2) is 14.4 Å². The van der Waals surface area contributed by atoms with Crippen molar-refractivity contribution in [1.29, 1.82) is 0 Å². The second kappa shape index (κ2) is 7.43. The molecule has 3 aromatic heterocycles. The molecule has 3 aliphatic rings. The third-order valence-electron chi connectivity index (χ3n) is 6.25. The van der Waals surface area contributed by atoms with Gasteiger partial charge in [-0.1, -0.05) is 6.07 Å². The molecular weight excluding hydrogens is 440 g/mol. The molecule has 6 rings (SSSR count). The molecule has 3 aromatic rings. The number of alkyl halides is 4. The van der Waals surface area contributed by atoms with Crippen molar-refractivity contribution in [2.45, 2.75) is 57.0 Å². The third kappa shape index (κ3) is 4.02. The number of carbonyl (C=O) groups is 1. The largest absolute Gasteiger partial charge is 0.489 e. The summed E-state index contributed by atoms with van der Waals surface area (Å²) in [5.41, 5.74) is -0.964. The van der Waals surface area contributed by atoms with Crippen molar-refractivity contribution in [3.05, 3.63) is 53.7 Å². The van der Waals surface area contributed by atoms with Crippen molar-refractivity contribution in [3.63, 3.8) is 0 Å². The molecule has 3 fully saturated rings. The predicted molar refractivity (Wildman–Crippen MR) is 112 cm³/mol. The SMILES string of the molecule is CC(C)Oc1cc2nc(C3CC4(F)CC3C4)cn2cc1NC(=O)c1cccc(C(F)(F)F)n1. The highest BCUT2D eigenvalue weighted by Gasteiger charge is 2.57. The van der Waals surface area contributed by atoms with Crippen molar-refractivity contribution in [1.82, 2.24) is 14.4 Å². The summed E-state index contributed by atoms with van der Waals surface area (Å²) in [6, 6.07) is 4.80. The van der Waals surface area contributed by atoms with Crippen molar-refractivity contribution >= 4 is 17.2 Å². The number of hydrogen-bond acceptors (Lipinski definition) is 4. The molecule has 3 saturated carbocycles. The van der Waals surface area contributed by atoms with E-state index in [2.05, 4.69) is 15.3 Å². The molecule has 1 amide bonds. The maximum atomic E-state index is 14.4. The Morgan fingerprint density at radius 3 is 2.61 bits per heavy atom. The Kier molecular flexibility index (Phi) is 4.88. The van der Waals surface area contributed by atoms with Crippen LogP contribution < -0.4 is 10.1 Å². The maximum absolute atomic E-state index is 14.4. The van der Waals surface area contributed by atoms with Gasteiger partial charge in [-0.15, -0.1) is 0 Å². The molecule has 0 spiro atoms. The molecule has 0 saturated heterocycles. The Bertz CT molecular complexity index is 1230. The fraction of sp³-hybridized carbons (Fsp3) is 0.435. The van der Waals surface area contributed by atoms with E-state index in [1.807, 2.05) is 13.8 Å². The Morgan fingerprint density at radius 2 is 1.97 bits per heavy atom. The fourth-order valence-electron chi connectivity index (χ4n) is 4.80. The molecule has 0 aliphatic heterocycles. The summed E-state index contributed by atoms with van der Waals surface area (Å²) in [4.78, 5) is 20.8. The number of nitrogens with zero attached hydrogens (tertiary/aromatic N) is 3. The lowest BCUT2D eigenvalue weighted by Crippen LogP contribution is -2.29. The summed E-state index contributed by atoms with van der Waals surface area (Å²) in [5.74, 6) is -0.132. The quantitative estimate of drug-likeness (QED) is 0.516. The van der Waals surface area contributed by atoms with E-state index in [4.69, 9.17) is 4.74 Å². The van der Waals surface area contributed by atoms with E-state index >= 15 is 0 Å². The molecule has 1 unspecified atom stereocenters. The van der Waals surface area contributed by atoms with Crippen LogP contribution in [0.4, 0.5) is 23.2 Å². The van der Waals surface area contributed by atoms with Gasteiger partial charge in [0, 0.05) is 24.4 Å². The van der Waals surface area contributed by atoms with Crippen LogP contribution in [0.1, 0.15) is 60.9 Å². The van der Waals surface area contributed by atoms with Gasteiger partial charge >= 0.3 is 6.18 Å². The van der Waals surface area contributed by atoms with Crippen LogP contribution in [0.3, 0.4) is 0 Å². The maximum Gasteiger partial charge on any atom is 0.433 e. The second-order valence-electron chi connectivity index (χ2n) is 9.14. The molecule has 3 heterocycles. The lowest BCUT2D eigenvalue weighted by molar-refractivity contribution is -0.141. The van der Waals surface area contributed by atoms with E-state index in [0.717, 1.165) is 17.8 Å². The zero-order valence-corrected chi connectivity index (χ0v) is 18.0. The number of halogens is 4. The Balaban J connectivity index is 1.46. The molecule has 33 heavy (non-hydrogen) atoms. The average Bonchev–Trinajstić information content (AvgIpc) is 3.37. The van der Waals surface area contributed by atoms with E-state index in [9.17, 15) is 22.4 Å². The van der Waals surface area contributed by atoms with Crippen molar-refractivity contribution in [2.75, 3.05) is 5.32 Å². The van der Waals surface area contributed by atoms with Gasteiger partial charge < -0.3 is 14.5 Å². The summed E-state index contributed by atoms with van der Waals surface area (Å²) in [5, 5.41) is 2.60. The Labute approximate surface area is 187 Å². The van der Waals surface area contributed by atoms with Gasteiger partial charge in [-0.2, -0.15) is 13.2 Å². The molecule has 1 N–H and O–H groups in total. The standard InChI is InChI=1S/C23H22F4N4O2/c1-12(2)33-18-6-20-29-16(14-9-22(24)7-13(14)8-22)10-31(20)11-17(18)30-21(32)15-4-3-5-19(28-15)23(25,26)27/h3-6,10-14H,7-9H2,1-2H3,(H,30,32). The third-order valence-corrected chi connectivity index (χ3v) is 6.25. The van der Waals surface area contributed by atoms with Crippen molar-refractivity contribution < 1.29 is 27.1 Å². The molecule has 1 atom stereocenters. The summed E-state index contributed by atoms with van der Waals surface area (Å²) >= 11 is 0. The highest BCUT2D eigenvalue weighted by molar-refractivity contribution is 6.03. The smallest absolute Gasteiger partial charge is 0.433 e. The van der Waals surface area contributed by atoms with Gasteiger partial charge in [0.2, 0.25) is 0 Å². The first kappa shape index (κ1) is 21.7. The highest BCUT2D eigenvalue weighted by atomic mass is 19.4. The lowest BCUT2D eigenvalue weighted by atomic mass is 9.80. The number of rotatable bonds is 5. The summed E-state index contributed by atoms with van der Waals surface area (Å²) in [7, 11) is 0. The zero-order valence-electron chi connectivity index (χ0n) is 18.0. The number of anilines is 1. The van der Waals surface area contributed by atoms with Crippen molar-refractivity contribution in [3.8, 4) is 5.75 Å². The minimum Gasteiger partial charge on any atom is -0.489 e. The Morgan fingerprint density at radius 1 is 1.21 bits per heavy atom. The number of nitrogens with one attached hydrogen (secondary N) is 1. The lowest BCUT2D eigenvalue weighted by Gasteiger charge is -2.30. The summed E-state index contributed by atoms with van der Waals surface area (Å²) in [6.45, 7) is 3.63. The number of carbonyl (C=O) groups excluding carboxylic acids is 1. The monoisotopic (exact) mass is 462 g/mol. The van der Waals surface area contributed by atoms with Crippen LogP contribution in [0, 0.1) is 5.92 Å². The highest BCUT2D eigenvalue weighted by Crippen LogP contribution is 2.61. The van der Waals surface area contributed by atoms with Gasteiger partial charge in [-0.05, 0) is 51.2 Å². The van der Waals surface area contributed by atoms with Gasteiger partial charge in [0.05, 0.1) is 11.8 Å². The van der Waals surface area contributed by atoms with Gasteiger partial charge in [-0.3, -0.25) is 4.79 Å². The molecule has 3 aliphatic carbocycles. The first-order valence-electron chi connectivity index (χ1n) is 10.7. The first-order chi connectivity index (χ1) is 15.5. The second-order valence-corrected chi connectivity index (χ2v) is 9.14. The van der Waals surface area contributed by atoms with Crippen LogP contribution in [-0.2, 0) is 6.18 Å². The molecular formula is C23H22F4N4O2.